The monoisotopic (exact) mass is 385 g/mol. The van der Waals surface area contributed by atoms with E-state index in [9.17, 15) is 0 Å². The van der Waals surface area contributed by atoms with Gasteiger partial charge in [0.15, 0.2) is 0 Å². The third kappa shape index (κ3) is 7.57. The van der Waals surface area contributed by atoms with Crippen LogP contribution in [0.15, 0.2) is 83.9 Å². The van der Waals surface area contributed by atoms with Crippen LogP contribution in [0.25, 0.3) is 0 Å². The Kier molecular flexibility index (Phi) is 8.53. The van der Waals surface area contributed by atoms with Gasteiger partial charge in [0.1, 0.15) is 5.75 Å². The van der Waals surface area contributed by atoms with Gasteiger partial charge in [0.05, 0.1) is 12.3 Å². The summed E-state index contributed by atoms with van der Waals surface area (Å²) in [6.45, 7) is 3.04. The lowest BCUT2D eigenvalue weighted by Crippen LogP contribution is -1.97. The highest BCUT2D eigenvalue weighted by molar-refractivity contribution is 5.82. The molecule has 0 bridgehead atoms. The summed E-state index contributed by atoms with van der Waals surface area (Å²) < 4.78 is 5.82. The molecule has 29 heavy (non-hydrogen) atoms. The molecule has 3 aromatic carbocycles. The molecule has 0 aromatic heterocycles. The molecule has 0 amide bonds. The Balaban J connectivity index is 1.45. The number of benzene rings is 3. The summed E-state index contributed by atoms with van der Waals surface area (Å²) in [6, 6.07) is 27.1. The van der Waals surface area contributed by atoms with Gasteiger partial charge in [-0.15, -0.1) is 0 Å². The van der Waals surface area contributed by atoms with Gasteiger partial charge in [0, 0.05) is 6.21 Å². The van der Waals surface area contributed by atoms with E-state index in [1.165, 1.54) is 36.8 Å². The van der Waals surface area contributed by atoms with Crippen LogP contribution in [0.1, 0.15) is 55.7 Å². The van der Waals surface area contributed by atoms with Crippen molar-refractivity contribution in [3.8, 4) is 5.75 Å². The zero-order valence-electron chi connectivity index (χ0n) is 17.4. The Hall–Kier alpha value is -2.87. The lowest BCUT2D eigenvalue weighted by atomic mass is 10.1. The molecule has 2 heteroatoms. The highest BCUT2D eigenvalue weighted by Gasteiger charge is 1.97. The molecular weight excluding hydrogens is 354 g/mol. The highest BCUT2D eigenvalue weighted by Crippen LogP contribution is 2.17. The zero-order chi connectivity index (χ0) is 20.2. The van der Waals surface area contributed by atoms with E-state index in [4.69, 9.17) is 4.74 Å². The van der Waals surface area contributed by atoms with Crippen LogP contribution < -0.4 is 4.74 Å². The minimum absolute atomic E-state index is 0.798. The first-order valence-corrected chi connectivity index (χ1v) is 10.7. The summed E-state index contributed by atoms with van der Waals surface area (Å²) in [6.07, 6.45) is 9.14. The van der Waals surface area contributed by atoms with Crippen molar-refractivity contribution in [3.63, 3.8) is 0 Å². The molecule has 0 saturated carbocycles. The fraction of sp³-hybridized carbons (Fsp3) is 0.296. The maximum atomic E-state index is 5.82. The average Bonchev–Trinajstić information content (AvgIpc) is 2.77. The predicted molar refractivity (Wildman–Crippen MR) is 124 cm³/mol. The van der Waals surface area contributed by atoms with Crippen molar-refractivity contribution in [1.82, 2.24) is 0 Å². The van der Waals surface area contributed by atoms with E-state index >= 15 is 0 Å². The van der Waals surface area contributed by atoms with E-state index in [0.717, 1.165) is 36.4 Å². The van der Waals surface area contributed by atoms with Gasteiger partial charge in [-0.1, -0.05) is 75.1 Å². The first-order chi connectivity index (χ1) is 14.3. The summed E-state index contributed by atoms with van der Waals surface area (Å²) in [5, 5.41) is 0. The normalized spacial score (nSPS) is 11.1. The molecule has 0 aliphatic rings. The lowest BCUT2D eigenvalue weighted by molar-refractivity contribution is 0.304. The van der Waals surface area contributed by atoms with Crippen molar-refractivity contribution in [2.45, 2.75) is 45.4 Å². The number of aliphatic imine (C=N–C) groups is 1. The Bertz CT molecular complexity index is 851. The van der Waals surface area contributed by atoms with Gasteiger partial charge in [-0.3, -0.25) is 4.99 Å². The third-order valence-corrected chi connectivity index (χ3v) is 4.95. The molecule has 0 fully saturated rings. The van der Waals surface area contributed by atoms with Crippen molar-refractivity contribution < 1.29 is 4.74 Å². The molecule has 3 aromatic rings. The first-order valence-electron chi connectivity index (χ1n) is 10.7. The zero-order valence-corrected chi connectivity index (χ0v) is 17.4. The van der Waals surface area contributed by atoms with Crippen molar-refractivity contribution >= 4 is 11.9 Å². The second-order valence-electron chi connectivity index (χ2n) is 7.42. The minimum atomic E-state index is 0.798. The van der Waals surface area contributed by atoms with Gasteiger partial charge in [0.25, 0.3) is 0 Å². The molecule has 0 atom stereocenters. The molecule has 3 rings (SSSR count). The van der Waals surface area contributed by atoms with E-state index in [2.05, 4.69) is 78.6 Å². The maximum Gasteiger partial charge on any atom is 0.119 e. The third-order valence-electron chi connectivity index (χ3n) is 4.95. The molecule has 0 unspecified atom stereocenters. The van der Waals surface area contributed by atoms with Crippen molar-refractivity contribution in [1.29, 1.82) is 0 Å². The molecule has 150 valence electrons. The Morgan fingerprint density at radius 1 is 0.724 bits per heavy atom. The van der Waals surface area contributed by atoms with Crippen molar-refractivity contribution in [2.75, 3.05) is 6.61 Å². The maximum absolute atomic E-state index is 5.82. The summed E-state index contributed by atoms with van der Waals surface area (Å²) in [7, 11) is 0. The van der Waals surface area contributed by atoms with Crippen molar-refractivity contribution in [3.05, 3.63) is 95.6 Å². The van der Waals surface area contributed by atoms with Gasteiger partial charge in [-0.25, -0.2) is 0 Å². The predicted octanol–water partition coefficient (Wildman–Crippen LogP) is 7.38. The topological polar surface area (TPSA) is 21.6 Å². The van der Waals surface area contributed by atoms with Gasteiger partial charge >= 0.3 is 0 Å². The molecule has 0 heterocycles. The van der Waals surface area contributed by atoms with Crippen LogP contribution in [0.5, 0.6) is 5.75 Å². The van der Waals surface area contributed by atoms with Crippen LogP contribution in [0.4, 0.5) is 5.69 Å². The number of hydrogen-bond acceptors (Lipinski definition) is 2. The molecule has 2 nitrogen and oxygen atoms in total. The van der Waals surface area contributed by atoms with E-state index in [-0.39, 0.29) is 0 Å². The SMILES string of the molecule is CCCCCCCOc1ccc(C=Nc2ccc(Cc3ccccc3)cc2)cc1. The summed E-state index contributed by atoms with van der Waals surface area (Å²) in [5.41, 5.74) is 4.67. The van der Waals surface area contributed by atoms with Gasteiger partial charge in [-0.2, -0.15) is 0 Å². The van der Waals surface area contributed by atoms with Gasteiger partial charge < -0.3 is 4.74 Å². The fourth-order valence-corrected chi connectivity index (χ4v) is 3.23. The average molecular weight is 386 g/mol. The second-order valence-corrected chi connectivity index (χ2v) is 7.42. The minimum Gasteiger partial charge on any atom is -0.494 e. The first kappa shape index (κ1) is 20.9. The summed E-state index contributed by atoms with van der Waals surface area (Å²) in [4.78, 5) is 4.59. The van der Waals surface area contributed by atoms with Gasteiger partial charge in [-0.05, 0) is 65.9 Å². The number of rotatable bonds is 11. The van der Waals surface area contributed by atoms with E-state index in [1.54, 1.807) is 0 Å². The number of hydrogen-bond donors (Lipinski definition) is 0. The summed E-state index contributed by atoms with van der Waals surface area (Å²) in [5.74, 6) is 0.933. The van der Waals surface area contributed by atoms with Crippen LogP contribution in [-0.4, -0.2) is 12.8 Å². The molecule has 0 aliphatic carbocycles. The number of nitrogens with zero attached hydrogens (tertiary/aromatic N) is 1. The molecule has 0 spiro atoms. The standard InChI is InChI=1S/C27H31NO/c1-2-3-4-5-9-20-29-27-18-14-25(15-19-27)22-28-26-16-12-24(13-17-26)21-23-10-7-6-8-11-23/h6-8,10-19,22H,2-5,9,20-21H2,1H3. The van der Waals surface area contributed by atoms with Crippen LogP contribution in [-0.2, 0) is 6.42 Å². The fourth-order valence-electron chi connectivity index (χ4n) is 3.23. The lowest BCUT2D eigenvalue weighted by Gasteiger charge is -2.06. The largest absolute Gasteiger partial charge is 0.494 e. The highest BCUT2D eigenvalue weighted by atomic mass is 16.5. The van der Waals surface area contributed by atoms with Crippen LogP contribution in [0.3, 0.4) is 0 Å². The van der Waals surface area contributed by atoms with Crippen molar-refractivity contribution in [2.24, 2.45) is 4.99 Å². The van der Waals surface area contributed by atoms with E-state index in [1.807, 2.05) is 18.3 Å². The van der Waals surface area contributed by atoms with E-state index < -0.39 is 0 Å². The Morgan fingerprint density at radius 2 is 1.41 bits per heavy atom. The smallest absolute Gasteiger partial charge is 0.119 e. The van der Waals surface area contributed by atoms with E-state index in [0.29, 0.717) is 0 Å². The Labute approximate surface area is 175 Å². The molecule has 0 aliphatic heterocycles. The van der Waals surface area contributed by atoms with Crippen LogP contribution in [0, 0.1) is 0 Å². The molecule has 0 saturated heterocycles. The Morgan fingerprint density at radius 3 is 2.14 bits per heavy atom. The number of unbranched alkanes of at least 4 members (excludes halogenated alkanes) is 4. The number of ether oxygens (including phenoxy) is 1. The molecule has 0 radical (unpaired) electrons. The van der Waals surface area contributed by atoms with Crippen LogP contribution in [0.2, 0.25) is 0 Å². The molecule has 0 N–H and O–H groups in total. The second kappa shape index (κ2) is 11.9. The quantitative estimate of drug-likeness (QED) is 0.249. The van der Waals surface area contributed by atoms with Crippen LogP contribution >= 0.6 is 0 Å². The molecular formula is C27H31NO. The van der Waals surface area contributed by atoms with Gasteiger partial charge in [0.2, 0.25) is 0 Å². The summed E-state index contributed by atoms with van der Waals surface area (Å²) >= 11 is 0.